The van der Waals surface area contributed by atoms with Crippen molar-refractivity contribution in [3.8, 4) is 23.0 Å². The second-order valence-corrected chi connectivity index (χ2v) is 8.81. The summed E-state index contributed by atoms with van der Waals surface area (Å²) in [5.41, 5.74) is 5.18. The summed E-state index contributed by atoms with van der Waals surface area (Å²) in [6.07, 6.45) is 4.20. The predicted octanol–water partition coefficient (Wildman–Crippen LogP) is 5.10. The van der Waals surface area contributed by atoms with Crippen molar-refractivity contribution in [2.45, 2.75) is 12.5 Å². The first kappa shape index (κ1) is 22.1. The lowest BCUT2D eigenvalue weighted by atomic mass is 9.92. The van der Waals surface area contributed by atoms with Crippen LogP contribution in [0, 0.1) is 0 Å². The number of benzene rings is 3. The largest absolute Gasteiger partial charge is 0.493 e. The minimum atomic E-state index is -0.279. The Balaban J connectivity index is 1.38. The monoisotopic (exact) mass is 482 g/mol. The van der Waals surface area contributed by atoms with E-state index in [1.807, 2.05) is 53.4 Å². The second-order valence-electron chi connectivity index (χ2n) is 8.81. The number of rotatable bonds is 5. The molecule has 2 aliphatic heterocycles. The van der Waals surface area contributed by atoms with Gasteiger partial charge in [0.15, 0.2) is 23.0 Å². The summed E-state index contributed by atoms with van der Waals surface area (Å²) < 4.78 is 21.9. The number of H-pyrrole nitrogens is 1. The van der Waals surface area contributed by atoms with Gasteiger partial charge in [-0.05, 0) is 59.5 Å². The lowest BCUT2D eigenvalue weighted by Gasteiger charge is -2.35. The van der Waals surface area contributed by atoms with Gasteiger partial charge in [0.2, 0.25) is 12.7 Å². The molecule has 0 bridgehead atoms. The summed E-state index contributed by atoms with van der Waals surface area (Å²) in [6, 6.07) is 19.5. The number of hydrogen-bond acceptors (Lipinski definition) is 5. The van der Waals surface area contributed by atoms with Crippen LogP contribution in [0.4, 0.5) is 0 Å². The zero-order chi connectivity index (χ0) is 24.6. The van der Waals surface area contributed by atoms with E-state index in [-0.39, 0.29) is 18.7 Å². The van der Waals surface area contributed by atoms with Crippen molar-refractivity contribution in [3.63, 3.8) is 0 Å². The number of fused-ring (bicyclic) bond motifs is 4. The number of nitrogens with one attached hydrogen (secondary N) is 1. The molecule has 0 spiro atoms. The number of carbonyl (C=O) groups is 1. The van der Waals surface area contributed by atoms with Gasteiger partial charge in [0, 0.05) is 29.2 Å². The number of amides is 1. The average Bonchev–Trinajstić information content (AvgIpc) is 3.55. The summed E-state index contributed by atoms with van der Waals surface area (Å²) in [5.74, 6) is 2.61. The fourth-order valence-electron chi connectivity index (χ4n) is 5.13. The molecule has 2 aliphatic rings. The molecule has 1 unspecified atom stereocenters. The summed E-state index contributed by atoms with van der Waals surface area (Å²) >= 11 is 0. The molecule has 3 heterocycles. The maximum atomic E-state index is 13.6. The van der Waals surface area contributed by atoms with Crippen molar-refractivity contribution in [2.75, 3.05) is 27.6 Å². The smallest absolute Gasteiger partial charge is 0.247 e. The van der Waals surface area contributed by atoms with Crippen LogP contribution in [0.5, 0.6) is 23.0 Å². The molecule has 0 saturated heterocycles. The highest BCUT2D eigenvalue weighted by Gasteiger charge is 2.34. The van der Waals surface area contributed by atoms with Crippen molar-refractivity contribution >= 4 is 22.9 Å². The molecule has 7 heteroatoms. The van der Waals surface area contributed by atoms with Gasteiger partial charge in [-0.25, -0.2) is 0 Å². The van der Waals surface area contributed by atoms with Crippen molar-refractivity contribution < 1.29 is 23.7 Å². The van der Waals surface area contributed by atoms with Crippen LogP contribution < -0.4 is 18.9 Å². The van der Waals surface area contributed by atoms with Gasteiger partial charge in [0.05, 0.1) is 20.3 Å². The average molecular weight is 483 g/mol. The zero-order valence-corrected chi connectivity index (χ0v) is 20.1. The van der Waals surface area contributed by atoms with Gasteiger partial charge >= 0.3 is 0 Å². The highest BCUT2D eigenvalue weighted by molar-refractivity contribution is 5.93. The number of nitrogens with zero attached hydrogens (tertiary/aromatic N) is 1. The highest BCUT2D eigenvalue weighted by Crippen LogP contribution is 2.42. The molecule has 182 valence electrons. The Morgan fingerprint density at radius 1 is 1.00 bits per heavy atom. The molecule has 0 saturated carbocycles. The Morgan fingerprint density at radius 3 is 2.69 bits per heavy atom. The summed E-state index contributed by atoms with van der Waals surface area (Å²) in [7, 11) is 3.19. The van der Waals surface area contributed by atoms with E-state index in [1.54, 1.807) is 20.3 Å². The minimum Gasteiger partial charge on any atom is -0.493 e. The molecular formula is C29H26N2O5. The van der Waals surface area contributed by atoms with Gasteiger partial charge in [0.25, 0.3) is 0 Å². The van der Waals surface area contributed by atoms with E-state index in [0.29, 0.717) is 23.8 Å². The minimum absolute atomic E-state index is 0.0724. The normalized spacial score (nSPS) is 16.4. The third kappa shape index (κ3) is 3.73. The van der Waals surface area contributed by atoms with E-state index >= 15 is 0 Å². The Kier molecular flexibility index (Phi) is 5.52. The van der Waals surface area contributed by atoms with Crippen LogP contribution in [-0.2, 0) is 11.2 Å². The van der Waals surface area contributed by atoms with Gasteiger partial charge in [-0.1, -0.05) is 30.3 Å². The number of ether oxygens (including phenoxy) is 4. The van der Waals surface area contributed by atoms with Gasteiger partial charge in [-0.3, -0.25) is 4.79 Å². The van der Waals surface area contributed by atoms with Crippen LogP contribution in [0.15, 0.2) is 66.7 Å². The SMILES string of the molecule is COc1ccc(C=CC(=O)N2CCc3c([nH]c4ccccc34)C2c2ccc3c(c2)OCO3)cc1OC. The lowest BCUT2D eigenvalue weighted by molar-refractivity contribution is -0.128. The van der Waals surface area contributed by atoms with E-state index in [1.165, 1.54) is 10.9 Å². The first-order valence-electron chi connectivity index (χ1n) is 11.9. The quantitative estimate of drug-likeness (QED) is 0.401. The van der Waals surface area contributed by atoms with Gasteiger partial charge in [-0.2, -0.15) is 0 Å². The lowest BCUT2D eigenvalue weighted by Crippen LogP contribution is -2.39. The topological polar surface area (TPSA) is 73.0 Å². The molecule has 7 nitrogen and oxygen atoms in total. The standard InChI is InChI=1S/C29H26N2O5/c1-33-23-10-7-18(15-25(23)34-2)8-12-27(32)31-14-13-21-20-5-3-4-6-22(20)30-28(21)29(31)19-9-11-24-26(16-19)36-17-35-24/h3-12,15-16,29-30H,13-14,17H2,1-2H3. The molecule has 6 rings (SSSR count). The van der Waals surface area contributed by atoms with E-state index in [2.05, 4.69) is 23.2 Å². The first-order chi connectivity index (χ1) is 17.7. The predicted molar refractivity (Wildman–Crippen MR) is 137 cm³/mol. The molecule has 1 N–H and O–H groups in total. The fourth-order valence-corrected chi connectivity index (χ4v) is 5.13. The van der Waals surface area contributed by atoms with Crippen molar-refractivity contribution in [1.29, 1.82) is 0 Å². The first-order valence-corrected chi connectivity index (χ1v) is 11.9. The maximum absolute atomic E-state index is 13.6. The maximum Gasteiger partial charge on any atom is 0.247 e. The van der Waals surface area contributed by atoms with Crippen molar-refractivity contribution in [3.05, 3.63) is 89.1 Å². The Hall–Kier alpha value is -4.39. The molecule has 1 aromatic heterocycles. The number of hydrogen-bond donors (Lipinski definition) is 1. The molecule has 0 aliphatic carbocycles. The summed E-state index contributed by atoms with van der Waals surface area (Å²) in [5, 5.41) is 1.20. The number of carbonyl (C=O) groups excluding carboxylic acids is 1. The van der Waals surface area contributed by atoms with Crippen LogP contribution >= 0.6 is 0 Å². The summed E-state index contributed by atoms with van der Waals surface area (Å²) in [6.45, 7) is 0.806. The molecule has 0 fully saturated rings. The molecule has 3 aromatic carbocycles. The molecule has 1 amide bonds. The van der Waals surface area contributed by atoms with Crippen molar-refractivity contribution in [1.82, 2.24) is 9.88 Å². The number of para-hydroxylation sites is 1. The Morgan fingerprint density at radius 2 is 1.83 bits per heavy atom. The molecule has 0 radical (unpaired) electrons. The fraction of sp³-hybridized carbons (Fsp3) is 0.207. The van der Waals surface area contributed by atoms with Crippen LogP contribution in [0.2, 0.25) is 0 Å². The third-order valence-corrected chi connectivity index (χ3v) is 6.86. The van der Waals surface area contributed by atoms with Crippen LogP contribution in [-0.4, -0.2) is 43.3 Å². The second kappa shape index (κ2) is 9.00. The number of aromatic amines is 1. The van der Waals surface area contributed by atoms with E-state index in [4.69, 9.17) is 18.9 Å². The third-order valence-electron chi connectivity index (χ3n) is 6.86. The summed E-state index contributed by atoms with van der Waals surface area (Å²) in [4.78, 5) is 19.1. The Bertz CT molecular complexity index is 1490. The van der Waals surface area contributed by atoms with E-state index in [9.17, 15) is 4.79 Å². The molecular weight excluding hydrogens is 456 g/mol. The van der Waals surface area contributed by atoms with Crippen LogP contribution in [0.25, 0.3) is 17.0 Å². The molecule has 36 heavy (non-hydrogen) atoms. The van der Waals surface area contributed by atoms with Gasteiger partial charge < -0.3 is 28.8 Å². The van der Waals surface area contributed by atoms with E-state index < -0.39 is 0 Å². The van der Waals surface area contributed by atoms with Crippen LogP contribution in [0.1, 0.15) is 28.4 Å². The van der Waals surface area contributed by atoms with Crippen LogP contribution in [0.3, 0.4) is 0 Å². The highest BCUT2D eigenvalue weighted by atomic mass is 16.7. The van der Waals surface area contributed by atoms with Gasteiger partial charge in [-0.15, -0.1) is 0 Å². The van der Waals surface area contributed by atoms with Gasteiger partial charge in [0.1, 0.15) is 0 Å². The number of methoxy groups -OCH3 is 2. The molecule has 1 atom stereocenters. The van der Waals surface area contributed by atoms with Crippen molar-refractivity contribution in [2.24, 2.45) is 0 Å². The number of aromatic nitrogens is 1. The zero-order valence-electron chi connectivity index (χ0n) is 20.1. The molecule has 4 aromatic rings. The Labute approximate surface area is 208 Å². The van der Waals surface area contributed by atoms with E-state index in [0.717, 1.165) is 34.5 Å².